The van der Waals surface area contributed by atoms with Gasteiger partial charge in [-0.3, -0.25) is 9.59 Å². The maximum Gasteiger partial charge on any atom is 0.242 e. The molecule has 2 aliphatic rings. The van der Waals surface area contributed by atoms with Gasteiger partial charge < -0.3 is 19.3 Å². The number of ether oxygens (including phenoxy) is 1. The summed E-state index contributed by atoms with van der Waals surface area (Å²) >= 11 is 0. The average molecular weight is 356 g/mol. The number of hydrogen-bond donors (Lipinski definition) is 1. The molecule has 1 N–H and O–H groups in total. The van der Waals surface area contributed by atoms with E-state index in [4.69, 9.17) is 4.74 Å². The molecule has 1 aliphatic carbocycles. The summed E-state index contributed by atoms with van der Waals surface area (Å²) in [6.45, 7) is 0.815. The van der Waals surface area contributed by atoms with E-state index in [1.54, 1.807) is 19.4 Å². The molecule has 6 heteroatoms. The molecule has 1 aliphatic heterocycles. The van der Waals surface area contributed by atoms with E-state index in [2.05, 4.69) is 0 Å². The second kappa shape index (κ2) is 6.52. The summed E-state index contributed by atoms with van der Waals surface area (Å²) in [6, 6.07) is 8.75. The van der Waals surface area contributed by atoms with E-state index in [1.807, 2.05) is 27.7 Å². The van der Waals surface area contributed by atoms with Gasteiger partial charge in [0.1, 0.15) is 6.54 Å². The molecule has 3 atom stereocenters. The van der Waals surface area contributed by atoms with Crippen LogP contribution in [0.3, 0.4) is 0 Å². The Balaban J connectivity index is 1.61. The lowest BCUT2D eigenvalue weighted by Gasteiger charge is -2.42. The van der Waals surface area contributed by atoms with E-state index in [0.29, 0.717) is 18.4 Å². The number of likely N-dealkylation sites (tertiary alicyclic amines) is 1. The van der Waals surface area contributed by atoms with Crippen LogP contribution in [0.5, 0.6) is 0 Å². The lowest BCUT2D eigenvalue weighted by Crippen LogP contribution is -2.53. The Bertz CT molecular complexity index is 893. The number of nitrogens with zero attached hydrogens (tertiary/aromatic N) is 2. The Kier molecular flexibility index (Phi) is 4.32. The highest BCUT2D eigenvalue weighted by molar-refractivity contribution is 5.82. The molecule has 1 saturated carbocycles. The second-order valence-corrected chi connectivity index (χ2v) is 7.38. The largest absolute Gasteiger partial charge is 0.393 e. The Hall–Kier alpha value is -2.18. The minimum absolute atomic E-state index is 0.00294. The molecule has 2 heterocycles. The highest BCUT2D eigenvalue weighted by atomic mass is 16.5. The molecular weight excluding hydrogens is 332 g/mol. The summed E-state index contributed by atoms with van der Waals surface area (Å²) in [6.07, 6.45) is 4.15. The number of amides is 1. The van der Waals surface area contributed by atoms with Crippen LogP contribution in [0.2, 0.25) is 0 Å². The highest BCUT2D eigenvalue weighted by Gasteiger charge is 2.52. The van der Waals surface area contributed by atoms with Gasteiger partial charge in [0.2, 0.25) is 5.91 Å². The van der Waals surface area contributed by atoms with E-state index in [0.717, 1.165) is 24.8 Å². The average Bonchev–Trinajstić information content (AvgIpc) is 3.03. The van der Waals surface area contributed by atoms with Gasteiger partial charge in [-0.1, -0.05) is 12.1 Å². The van der Waals surface area contributed by atoms with Gasteiger partial charge in [-0.15, -0.1) is 0 Å². The van der Waals surface area contributed by atoms with Crippen molar-refractivity contribution < 1.29 is 14.6 Å². The van der Waals surface area contributed by atoms with E-state index in [-0.39, 0.29) is 35.6 Å². The molecule has 1 saturated heterocycles. The Labute approximate surface area is 152 Å². The molecule has 2 fully saturated rings. The number of aromatic nitrogens is 1. The number of aliphatic hydroxyl groups excluding tert-OH is 1. The smallest absolute Gasteiger partial charge is 0.242 e. The quantitative estimate of drug-likeness (QED) is 0.905. The summed E-state index contributed by atoms with van der Waals surface area (Å²) in [4.78, 5) is 26.9. The van der Waals surface area contributed by atoms with Gasteiger partial charge in [0.25, 0.3) is 0 Å². The van der Waals surface area contributed by atoms with Crippen molar-refractivity contribution in [3.8, 4) is 0 Å². The fourth-order valence-corrected chi connectivity index (χ4v) is 4.61. The fourth-order valence-electron chi connectivity index (χ4n) is 4.61. The van der Waals surface area contributed by atoms with Crippen molar-refractivity contribution in [3.63, 3.8) is 0 Å². The number of carbonyl (C=O) groups excluding carboxylic acids is 1. The van der Waals surface area contributed by atoms with Crippen molar-refractivity contribution in [1.82, 2.24) is 9.47 Å². The highest BCUT2D eigenvalue weighted by Crippen LogP contribution is 2.42. The van der Waals surface area contributed by atoms with Crippen LogP contribution in [0.1, 0.15) is 25.7 Å². The number of hydrogen-bond acceptors (Lipinski definition) is 4. The Morgan fingerprint density at radius 3 is 2.92 bits per heavy atom. The van der Waals surface area contributed by atoms with Crippen LogP contribution in [-0.2, 0) is 16.1 Å². The van der Waals surface area contributed by atoms with Crippen molar-refractivity contribution in [1.29, 1.82) is 0 Å². The van der Waals surface area contributed by atoms with Crippen LogP contribution in [0, 0.1) is 0 Å². The van der Waals surface area contributed by atoms with Crippen LogP contribution in [0.25, 0.3) is 10.9 Å². The van der Waals surface area contributed by atoms with E-state index < -0.39 is 0 Å². The third kappa shape index (κ3) is 2.73. The topological polar surface area (TPSA) is 71.8 Å². The molecule has 138 valence electrons. The number of benzene rings is 1. The number of para-hydroxylation sites is 1. The summed E-state index contributed by atoms with van der Waals surface area (Å²) in [5.74, 6) is -0.00294. The molecule has 1 aromatic heterocycles. The van der Waals surface area contributed by atoms with Crippen molar-refractivity contribution in [2.45, 2.75) is 50.0 Å². The molecule has 0 bridgehead atoms. The van der Waals surface area contributed by atoms with E-state index in [9.17, 15) is 14.7 Å². The van der Waals surface area contributed by atoms with E-state index in [1.165, 1.54) is 6.07 Å². The van der Waals surface area contributed by atoms with Gasteiger partial charge in [-0.25, -0.2) is 0 Å². The van der Waals surface area contributed by atoms with Gasteiger partial charge in [0.15, 0.2) is 5.43 Å². The molecule has 1 amide bonds. The monoisotopic (exact) mass is 356 g/mol. The lowest BCUT2D eigenvalue weighted by atomic mass is 9.79. The third-order valence-corrected chi connectivity index (χ3v) is 6.07. The summed E-state index contributed by atoms with van der Waals surface area (Å²) in [7, 11) is 1.70. The minimum Gasteiger partial charge on any atom is -0.393 e. The molecule has 0 unspecified atom stereocenters. The van der Waals surface area contributed by atoms with Gasteiger partial charge in [-0.05, 0) is 37.8 Å². The standard InChI is InChI=1S/C20H24N2O4/c1-26-20-8-6-14(23)12-18(20)22(11-9-20)19(25)13-21-10-7-17(24)15-4-2-3-5-16(15)21/h2-5,7,10,14,18,23H,6,8-9,11-13H2,1H3/t14-,18+,20-/m0/s1. The molecule has 1 aromatic carbocycles. The molecule has 0 spiro atoms. The van der Waals surface area contributed by atoms with Crippen LogP contribution >= 0.6 is 0 Å². The van der Waals surface area contributed by atoms with Crippen LogP contribution in [0.4, 0.5) is 0 Å². The zero-order chi connectivity index (χ0) is 18.3. The molecule has 6 nitrogen and oxygen atoms in total. The first-order valence-electron chi connectivity index (χ1n) is 9.15. The number of rotatable bonds is 3. The zero-order valence-electron chi connectivity index (χ0n) is 14.9. The van der Waals surface area contributed by atoms with Crippen molar-refractivity contribution in [2.24, 2.45) is 0 Å². The normalized spacial score (nSPS) is 28.3. The SMILES string of the molecule is CO[C@]12CC[C@H](O)C[C@H]1N(C(=O)Cn1ccc(=O)c3ccccc31)CC2. The minimum atomic E-state index is -0.384. The second-order valence-electron chi connectivity index (χ2n) is 7.38. The van der Waals surface area contributed by atoms with Crippen molar-refractivity contribution in [3.05, 3.63) is 46.8 Å². The summed E-state index contributed by atoms with van der Waals surface area (Å²) < 4.78 is 7.64. The van der Waals surface area contributed by atoms with Gasteiger partial charge in [-0.2, -0.15) is 0 Å². The predicted molar refractivity (Wildman–Crippen MR) is 97.9 cm³/mol. The van der Waals surface area contributed by atoms with Crippen LogP contribution in [-0.4, -0.2) is 51.9 Å². The van der Waals surface area contributed by atoms with Crippen molar-refractivity contribution >= 4 is 16.8 Å². The lowest BCUT2D eigenvalue weighted by molar-refractivity contribution is -0.140. The van der Waals surface area contributed by atoms with Gasteiger partial charge in [0.05, 0.1) is 23.3 Å². The van der Waals surface area contributed by atoms with Gasteiger partial charge in [0, 0.05) is 31.3 Å². The summed E-state index contributed by atoms with van der Waals surface area (Å²) in [5, 5.41) is 10.7. The fraction of sp³-hybridized carbons (Fsp3) is 0.500. The number of pyridine rings is 1. The van der Waals surface area contributed by atoms with Crippen LogP contribution in [0.15, 0.2) is 41.3 Å². The maximum atomic E-state index is 13.1. The van der Waals surface area contributed by atoms with E-state index >= 15 is 0 Å². The Morgan fingerprint density at radius 1 is 1.31 bits per heavy atom. The zero-order valence-corrected chi connectivity index (χ0v) is 14.9. The molecule has 2 aromatic rings. The van der Waals surface area contributed by atoms with Gasteiger partial charge >= 0.3 is 0 Å². The molecular formula is C20H24N2O4. The molecule has 0 radical (unpaired) electrons. The maximum absolute atomic E-state index is 13.1. The van der Waals surface area contributed by atoms with Crippen molar-refractivity contribution in [2.75, 3.05) is 13.7 Å². The van der Waals surface area contributed by atoms with Crippen LogP contribution < -0.4 is 5.43 Å². The number of aliphatic hydroxyl groups is 1. The molecule has 4 rings (SSSR count). The first-order valence-corrected chi connectivity index (χ1v) is 9.15. The number of methoxy groups -OCH3 is 1. The first-order chi connectivity index (χ1) is 12.5. The summed E-state index contributed by atoms with van der Waals surface area (Å²) in [5.41, 5.74) is 0.383. The number of carbonyl (C=O) groups is 1. The predicted octanol–water partition coefficient (Wildman–Crippen LogP) is 1.53. The first kappa shape index (κ1) is 17.2. The molecule has 26 heavy (non-hydrogen) atoms. The third-order valence-electron chi connectivity index (χ3n) is 6.07. The Morgan fingerprint density at radius 2 is 2.12 bits per heavy atom. The number of fused-ring (bicyclic) bond motifs is 2.